The minimum atomic E-state index is -1.03. The molecule has 0 unspecified atom stereocenters. The van der Waals surface area contributed by atoms with Crippen molar-refractivity contribution in [3.8, 4) is 11.5 Å². The highest BCUT2D eigenvalue weighted by atomic mass is 32.1. The minimum Gasteiger partial charge on any atom is -0.489 e. The number of carboxylic acids is 1. The van der Waals surface area contributed by atoms with Crippen molar-refractivity contribution >= 4 is 33.2 Å². The maximum atomic E-state index is 11.4. The van der Waals surface area contributed by atoms with Crippen molar-refractivity contribution in [2.45, 2.75) is 20.1 Å². The number of nitrogens with two attached hydrogens (primary N) is 1. The average Bonchev–Trinajstić information content (AvgIpc) is 3.18. The summed E-state index contributed by atoms with van der Waals surface area (Å²) in [6.45, 7) is 2.68. The summed E-state index contributed by atoms with van der Waals surface area (Å²) < 4.78 is 12.5. The Hall–Kier alpha value is -3.58. The highest BCUT2D eigenvalue weighted by molar-refractivity contribution is 7.17. The van der Waals surface area contributed by atoms with E-state index in [1.165, 1.54) is 17.5 Å². The number of carbonyl (C=O) groups is 1. The molecule has 2 aromatic heterocycles. The van der Waals surface area contributed by atoms with Crippen LogP contribution >= 0.6 is 11.3 Å². The van der Waals surface area contributed by atoms with Gasteiger partial charge >= 0.3 is 5.97 Å². The van der Waals surface area contributed by atoms with Crippen LogP contribution in [0.1, 0.15) is 27.0 Å². The molecule has 0 atom stereocenters. The van der Waals surface area contributed by atoms with Crippen LogP contribution < -0.4 is 15.2 Å². The van der Waals surface area contributed by atoms with Crippen LogP contribution in [0.3, 0.4) is 0 Å². The number of thiophene rings is 1. The molecule has 3 N–H and O–H groups in total. The van der Waals surface area contributed by atoms with E-state index in [0.29, 0.717) is 34.0 Å². The number of anilines is 1. The lowest BCUT2D eigenvalue weighted by Gasteiger charge is -2.12. The number of benzene rings is 2. The van der Waals surface area contributed by atoms with Crippen LogP contribution in [0.4, 0.5) is 5.82 Å². The molecule has 0 spiro atoms. The second-order valence-electron chi connectivity index (χ2n) is 6.82. The SMILES string of the molecule is Cc1ccc(OCc2ccccc2)cc1OCc1csc2c(C(=O)O)cnc(N)c12. The molecule has 152 valence electrons. The molecule has 4 rings (SSSR count). The zero-order chi connectivity index (χ0) is 21.1. The summed E-state index contributed by atoms with van der Waals surface area (Å²) in [5, 5.41) is 11.9. The van der Waals surface area contributed by atoms with Crippen LogP contribution in [0, 0.1) is 6.92 Å². The van der Waals surface area contributed by atoms with Gasteiger partial charge < -0.3 is 20.3 Å². The number of aryl methyl sites for hydroxylation is 1. The minimum absolute atomic E-state index is 0.142. The summed E-state index contributed by atoms with van der Waals surface area (Å²) >= 11 is 1.33. The van der Waals surface area contributed by atoms with Crippen LogP contribution in [0.25, 0.3) is 10.1 Å². The number of nitrogens with zero attached hydrogens (tertiary/aromatic N) is 1. The van der Waals surface area contributed by atoms with E-state index in [0.717, 1.165) is 16.7 Å². The number of ether oxygens (including phenoxy) is 2. The van der Waals surface area contributed by atoms with E-state index in [1.54, 1.807) is 0 Å². The molecule has 0 bridgehead atoms. The molecule has 6 nitrogen and oxygen atoms in total. The number of rotatable bonds is 7. The molecule has 0 radical (unpaired) electrons. The first-order valence-corrected chi connectivity index (χ1v) is 10.2. The second kappa shape index (κ2) is 8.42. The van der Waals surface area contributed by atoms with Gasteiger partial charge in [-0.3, -0.25) is 0 Å². The molecule has 0 fully saturated rings. The molecular formula is C23H20N2O4S. The molecule has 4 aromatic rings. The summed E-state index contributed by atoms with van der Waals surface area (Å²) in [4.78, 5) is 15.5. The molecule has 0 saturated heterocycles. The van der Waals surface area contributed by atoms with Crippen molar-refractivity contribution in [3.05, 3.63) is 82.4 Å². The van der Waals surface area contributed by atoms with E-state index in [-0.39, 0.29) is 12.2 Å². The quantitative estimate of drug-likeness (QED) is 0.435. The molecule has 0 saturated carbocycles. The predicted octanol–water partition coefficient (Wildman–Crippen LogP) is 5.04. The van der Waals surface area contributed by atoms with Crippen molar-refractivity contribution in [3.63, 3.8) is 0 Å². The maximum Gasteiger partial charge on any atom is 0.338 e. The van der Waals surface area contributed by atoms with Crippen molar-refractivity contribution < 1.29 is 19.4 Å². The molecule has 0 amide bonds. The van der Waals surface area contributed by atoms with Crippen molar-refractivity contribution in [2.75, 3.05) is 5.73 Å². The first kappa shape index (κ1) is 19.7. The Balaban J connectivity index is 1.52. The molecule has 0 aliphatic rings. The fourth-order valence-electron chi connectivity index (χ4n) is 3.11. The Morgan fingerprint density at radius 3 is 2.70 bits per heavy atom. The molecule has 2 heterocycles. The van der Waals surface area contributed by atoms with E-state index >= 15 is 0 Å². The van der Waals surface area contributed by atoms with Gasteiger partial charge in [-0.15, -0.1) is 11.3 Å². The van der Waals surface area contributed by atoms with Crippen LogP contribution in [0.5, 0.6) is 11.5 Å². The maximum absolute atomic E-state index is 11.4. The third-order valence-corrected chi connectivity index (χ3v) is 5.78. The fourth-order valence-corrected chi connectivity index (χ4v) is 4.18. The molecule has 7 heteroatoms. The number of fused-ring (bicyclic) bond motifs is 1. The highest BCUT2D eigenvalue weighted by Gasteiger charge is 2.17. The van der Waals surface area contributed by atoms with Gasteiger partial charge in [0.1, 0.15) is 30.5 Å². The van der Waals surface area contributed by atoms with Gasteiger partial charge in [-0.2, -0.15) is 0 Å². The zero-order valence-corrected chi connectivity index (χ0v) is 17.1. The van der Waals surface area contributed by atoms with Crippen LogP contribution in [0.15, 0.2) is 60.1 Å². The molecule has 30 heavy (non-hydrogen) atoms. The van der Waals surface area contributed by atoms with Crippen molar-refractivity contribution in [1.82, 2.24) is 4.98 Å². The van der Waals surface area contributed by atoms with E-state index in [4.69, 9.17) is 15.2 Å². The number of aromatic carboxylic acids is 1. The van der Waals surface area contributed by atoms with Crippen LogP contribution in [-0.2, 0) is 13.2 Å². The Kier molecular flexibility index (Phi) is 5.54. The van der Waals surface area contributed by atoms with Gasteiger partial charge in [0.15, 0.2) is 0 Å². The van der Waals surface area contributed by atoms with Gasteiger partial charge in [0.2, 0.25) is 0 Å². The summed E-state index contributed by atoms with van der Waals surface area (Å²) in [5.41, 5.74) is 9.02. The van der Waals surface area contributed by atoms with Crippen molar-refractivity contribution in [2.24, 2.45) is 0 Å². The molecule has 2 aromatic carbocycles. The van der Waals surface area contributed by atoms with Gasteiger partial charge in [0, 0.05) is 23.2 Å². The lowest BCUT2D eigenvalue weighted by atomic mass is 10.1. The summed E-state index contributed by atoms with van der Waals surface area (Å²) in [6, 6.07) is 15.7. The number of pyridine rings is 1. The van der Waals surface area contributed by atoms with E-state index < -0.39 is 5.97 Å². The fraction of sp³-hybridized carbons (Fsp3) is 0.130. The van der Waals surface area contributed by atoms with E-state index in [2.05, 4.69) is 4.98 Å². The van der Waals surface area contributed by atoms with E-state index in [1.807, 2.05) is 60.8 Å². The number of aromatic nitrogens is 1. The molecule has 0 aliphatic heterocycles. The highest BCUT2D eigenvalue weighted by Crippen LogP contribution is 2.34. The standard InChI is InChI=1S/C23H20N2O4S/c1-14-7-8-17(28-11-15-5-3-2-4-6-15)9-19(14)29-12-16-13-30-21-18(23(26)27)10-25-22(24)20(16)21/h2-10,13H,11-12H2,1H3,(H2,24,25)(H,26,27). The Morgan fingerprint density at radius 1 is 1.13 bits per heavy atom. The summed E-state index contributed by atoms with van der Waals surface area (Å²) in [5.74, 6) is 0.678. The summed E-state index contributed by atoms with van der Waals surface area (Å²) in [7, 11) is 0. The topological polar surface area (TPSA) is 94.7 Å². The first-order valence-electron chi connectivity index (χ1n) is 9.31. The monoisotopic (exact) mass is 420 g/mol. The Labute approximate surface area is 177 Å². The molecular weight excluding hydrogens is 400 g/mol. The Bertz CT molecular complexity index is 1200. The zero-order valence-electron chi connectivity index (χ0n) is 16.3. The van der Waals surface area contributed by atoms with Crippen LogP contribution in [0.2, 0.25) is 0 Å². The number of hydrogen-bond donors (Lipinski definition) is 2. The lowest BCUT2D eigenvalue weighted by Crippen LogP contribution is -2.02. The lowest BCUT2D eigenvalue weighted by molar-refractivity contribution is 0.0699. The van der Waals surface area contributed by atoms with Gasteiger partial charge in [0.25, 0.3) is 0 Å². The largest absolute Gasteiger partial charge is 0.489 e. The average molecular weight is 420 g/mol. The Morgan fingerprint density at radius 2 is 1.93 bits per heavy atom. The van der Waals surface area contributed by atoms with Gasteiger partial charge in [0.05, 0.1) is 10.3 Å². The normalized spacial score (nSPS) is 10.8. The first-order chi connectivity index (χ1) is 14.5. The van der Waals surface area contributed by atoms with E-state index in [9.17, 15) is 9.90 Å². The van der Waals surface area contributed by atoms with Crippen molar-refractivity contribution in [1.29, 1.82) is 0 Å². The third-order valence-electron chi connectivity index (χ3n) is 4.72. The number of nitrogen functional groups attached to an aromatic ring is 1. The smallest absolute Gasteiger partial charge is 0.338 e. The number of carboxylic acid groups (broad SMARTS) is 1. The van der Waals surface area contributed by atoms with Gasteiger partial charge in [-0.05, 0) is 29.5 Å². The molecule has 0 aliphatic carbocycles. The predicted molar refractivity (Wildman–Crippen MR) is 117 cm³/mol. The van der Waals surface area contributed by atoms with Crippen LogP contribution in [-0.4, -0.2) is 16.1 Å². The van der Waals surface area contributed by atoms with Gasteiger partial charge in [-0.25, -0.2) is 9.78 Å². The summed E-state index contributed by atoms with van der Waals surface area (Å²) in [6.07, 6.45) is 1.29. The number of hydrogen-bond acceptors (Lipinski definition) is 6. The second-order valence-corrected chi connectivity index (χ2v) is 7.70. The van der Waals surface area contributed by atoms with Gasteiger partial charge in [-0.1, -0.05) is 36.4 Å². The third kappa shape index (κ3) is 4.06.